The number of quaternary nitrogens is 1. The van der Waals surface area contributed by atoms with E-state index in [9.17, 15) is 19.0 Å². The van der Waals surface area contributed by atoms with Gasteiger partial charge < -0.3 is 18.9 Å². The third kappa shape index (κ3) is 41.9. The maximum atomic E-state index is 12.7. The Hall–Kier alpha value is -1.77. The molecule has 0 spiro atoms. The number of rotatable bonds is 41. The summed E-state index contributed by atoms with van der Waals surface area (Å²) in [6.07, 6.45) is 43.2. The van der Waals surface area contributed by atoms with Gasteiger partial charge in [-0.15, -0.1) is 0 Å². The number of carbonyl (C=O) groups excluding carboxylic acids is 2. The number of allylic oxidation sites excluding steroid dienone is 6. The molecule has 9 nitrogen and oxygen atoms in total. The van der Waals surface area contributed by atoms with Crippen LogP contribution in [-0.2, 0) is 32.7 Å². The average Bonchev–Trinajstić information content (AvgIpc) is 3.15. The number of carbonyl (C=O) groups is 2. The molecule has 0 aliphatic carbocycles. The molecule has 0 saturated heterocycles. The Kier molecular flexibility index (Phi) is 37.5. The predicted octanol–water partition coefficient (Wildman–Crippen LogP) is 12.9. The summed E-state index contributed by atoms with van der Waals surface area (Å²) in [5, 5.41) is 0. The minimum Gasteiger partial charge on any atom is -0.462 e. The molecule has 0 aromatic heterocycles. The Morgan fingerprint density at radius 2 is 0.964 bits per heavy atom. The molecule has 0 saturated carbocycles. The highest BCUT2D eigenvalue weighted by Crippen LogP contribution is 2.43. The van der Waals surface area contributed by atoms with Crippen molar-refractivity contribution in [1.82, 2.24) is 0 Å². The molecule has 10 heteroatoms. The third-order valence-electron chi connectivity index (χ3n) is 9.64. The standard InChI is InChI=1S/C46H86NO8P/c1-6-8-10-12-14-16-18-20-22-23-25-27-29-31-33-35-37-39-46(49)55-44(43-54-56(50,51)53-41-40-47(3,4)5)42-52-45(48)38-36-34-32-30-28-26-24-21-19-17-15-13-11-9-7-2/h14,16-17,19-20,22,44H,6-13,15,18,21,23-43H2,1-5H3/p+1/b16-14+,19-17+,22-20+/t44-/m1/s1. The molecule has 0 aliphatic heterocycles. The van der Waals surface area contributed by atoms with Gasteiger partial charge in [0.25, 0.3) is 0 Å². The van der Waals surface area contributed by atoms with Crippen LogP contribution in [0.4, 0.5) is 0 Å². The fraction of sp³-hybridized carbons (Fsp3) is 0.826. The molecule has 0 amide bonds. The summed E-state index contributed by atoms with van der Waals surface area (Å²) in [5.74, 6) is -0.811. The van der Waals surface area contributed by atoms with Crippen LogP contribution >= 0.6 is 7.82 Å². The highest BCUT2D eigenvalue weighted by Gasteiger charge is 2.27. The van der Waals surface area contributed by atoms with Crippen LogP contribution in [0.1, 0.15) is 194 Å². The Bertz CT molecular complexity index is 1050. The number of unbranched alkanes of at least 4 members (excludes halogenated alkanes) is 21. The molecule has 1 unspecified atom stereocenters. The van der Waals surface area contributed by atoms with Gasteiger partial charge in [-0.25, -0.2) is 4.57 Å². The molecule has 0 rings (SSSR count). The van der Waals surface area contributed by atoms with E-state index in [4.69, 9.17) is 18.5 Å². The number of hydrogen-bond acceptors (Lipinski definition) is 7. The number of nitrogens with zero attached hydrogens (tertiary/aromatic N) is 1. The van der Waals surface area contributed by atoms with Crippen LogP contribution in [0.5, 0.6) is 0 Å². The summed E-state index contributed by atoms with van der Waals surface area (Å²) in [6.45, 7) is 4.38. The molecular formula is C46H87NO8P+. The van der Waals surface area contributed by atoms with Crippen LogP contribution in [-0.4, -0.2) is 74.9 Å². The molecule has 0 aliphatic rings. The van der Waals surface area contributed by atoms with Crippen molar-refractivity contribution in [3.8, 4) is 0 Å². The second-order valence-corrected chi connectivity index (χ2v) is 17.9. The fourth-order valence-corrected chi connectivity index (χ4v) is 6.78. The molecule has 0 fully saturated rings. The van der Waals surface area contributed by atoms with Crippen molar-refractivity contribution in [2.75, 3.05) is 47.5 Å². The van der Waals surface area contributed by atoms with Crippen LogP contribution in [0, 0.1) is 0 Å². The number of phosphoric acid groups is 1. The Balaban J connectivity index is 4.36. The van der Waals surface area contributed by atoms with E-state index < -0.39 is 26.5 Å². The molecule has 1 N–H and O–H groups in total. The quantitative estimate of drug-likeness (QED) is 0.0214. The number of likely N-dealkylation sites (N-methyl/N-ethyl adjacent to an activating group) is 1. The van der Waals surface area contributed by atoms with E-state index in [1.165, 1.54) is 103 Å². The largest absolute Gasteiger partial charge is 0.472 e. The molecule has 2 atom stereocenters. The summed E-state index contributed by atoms with van der Waals surface area (Å²) in [6, 6.07) is 0. The first-order chi connectivity index (χ1) is 27.0. The van der Waals surface area contributed by atoms with Gasteiger partial charge in [0.1, 0.15) is 19.8 Å². The smallest absolute Gasteiger partial charge is 0.462 e. The molecule has 0 bridgehead atoms. The van der Waals surface area contributed by atoms with Gasteiger partial charge in [0.2, 0.25) is 0 Å². The zero-order valence-corrected chi connectivity index (χ0v) is 37.8. The second-order valence-electron chi connectivity index (χ2n) is 16.4. The molecule has 0 heterocycles. The number of ether oxygens (including phenoxy) is 2. The monoisotopic (exact) mass is 813 g/mol. The molecule has 0 radical (unpaired) electrons. The maximum Gasteiger partial charge on any atom is 0.472 e. The predicted molar refractivity (Wildman–Crippen MR) is 234 cm³/mol. The van der Waals surface area contributed by atoms with Crippen molar-refractivity contribution in [2.45, 2.75) is 200 Å². The lowest BCUT2D eigenvalue weighted by molar-refractivity contribution is -0.870. The van der Waals surface area contributed by atoms with E-state index in [-0.39, 0.29) is 32.0 Å². The van der Waals surface area contributed by atoms with Crippen molar-refractivity contribution in [3.05, 3.63) is 36.5 Å². The first-order valence-electron chi connectivity index (χ1n) is 22.7. The highest BCUT2D eigenvalue weighted by molar-refractivity contribution is 7.47. The van der Waals surface area contributed by atoms with Gasteiger partial charge in [-0.05, 0) is 70.6 Å². The molecule has 0 aromatic carbocycles. The van der Waals surface area contributed by atoms with E-state index in [2.05, 4.69) is 50.3 Å². The number of phosphoric ester groups is 1. The molecule has 328 valence electrons. The van der Waals surface area contributed by atoms with Crippen LogP contribution in [0.15, 0.2) is 36.5 Å². The maximum absolute atomic E-state index is 12.7. The van der Waals surface area contributed by atoms with Gasteiger partial charge in [0.15, 0.2) is 6.10 Å². The molecule has 56 heavy (non-hydrogen) atoms. The van der Waals surface area contributed by atoms with Gasteiger partial charge >= 0.3 is 19.8 Å². The van der Waals surface area contributed by atoms with Crippen molar-refractivity contribution in [3.63, 3.8) is 0 Å². The number of esters is 2. The van der Waals surface area contributed by atoms with Gasteiger partial charge in [0, 0.05) is 12.8 Å². The summed E-state index contributed by atoms with van der Waals surface area (Å²) in [7, 11) is 1.47. The van der Waals surface area contributed by atoms with Crippen molar-refractivity contribution < 1.29 is 42.1 Å². The van der Waals surface area contributed by atoms with E-state index in [0.717, 1.165) is 57.8 Å². The SMILES string of the molecule is CCCCC/C=C/C/C=C/CCCCCCCCCC(=O)O[C@H](COC(=O)CCCCCCCCC/C=C/CCCCCC)COP(=O)(O)OCC[N+](C)(C)C. The Morgan fingerprint density at radius 1 is 0.554 bits per heavy atom. The van der Waals surface area contributed by atoms with Crippen molar-refractivity contribution in [1.29, 1.82) is 0 Å². The fourth-order valence-electron chi connectivity index (χ4n) is 6.04. The lowest BCUT2D eigenvalue weighted by atomic mass is 10.1. The molecular weight excluding hydrogens is 725 g/mol. The van der Waals surface area contributed by atoms with Crippen LogP contribution in [0.3, 0.4) is 0 Å². The van der Waals surface area contributed by atoms with Crippen molar-refractivity contribution >= 4 is 19.8 Å². The van der Waals surface area contributed by atoms with E-state index in [1.807, 2.05) is 21.1 Å². The normalized spacial score (nSPS) is 13.9. The first kappa shape index (κ1) is 54.2. The van der Waals surface area contributed by atoms with E-state index in [0.29, 0.717) is 17.4 Å². The number of hydrogen-bond donors (Lipinski definition) is 1. The average molecular weight is 813 g/mol. The van der Waals surface area contributed by atoms with Gasteiger partial charge in [-0.1, -0.05) is 147 Å². The first-order valence-corrected chi connectivity index (χ1v) is 24.2. The van der Waals surface area contributed by atoms with Gasteiger partial charge in [-0.3, -0.25) is 18.6 Å². The Morgan fingerprint density at radius 3 is 1.46 bits per heavy atom. The minimum atomic E-state index is -4.38. The lowest BCUT2D eigenvalue weighted by Crippen LogP contribution is -2.37. The summed E-state index contributed by atoms with van der Waals surface area (Å²) in [5.41, 5.74) is 0. The zero-order chi connectivity index (χ0) is 41.4. The highest BCUT2D eigenvalue weighted by atomic mass is 31.2. The van der Waals surface area contributed by atoms with Gasteiger partial charge in [-0.2, -0.15) is 0 Å². The van der Waals surface area contributed by atoms with Crippen molar-refractivity contribution in [2.24, 2.45) is 0 Å². The zero-order valence-electron chi connectivity index (χ0n) is 36.9. The Labute approximate surface area is 344 Å². The minimum absolute atomic E-state index is 0.0293. The van der Waals surface area contributed by atoms with Crippen LogP contribution in [0.25, 0.3) is 0 Å². The van der Waals surface area contributed by atoms with Crippen LogP contribution < -0.4 is 0 Å². The van der Waals surface area contributed by atoms with Gasteiger partial charge in [0.05, 0.1) is 27.7 Å². The summed E-state index contributed by atoms with van der Waals surface area (Å²) in [4.78, 5) is 35.4. The van der Waals surface area contributed by atoms with Crippen LogP contribution in [0.2, 0.25) is 0 Å². The third-order valence-corrected chi connectivity index (χ3v) is 10.6. The van der Waals surface area contributed by atoms with E-state index in [1.54, 1.807) is 0 Å². The second kappa shape index (κ2) is 38.7. The van der Waals surface area contributed by atoms with E-state index >= 15 is 0 Å². The summed E-state index contributed by atoms with van der Waals surface area (Å²) >= 11 is 0. The topological polar surface area (TPSA) is 108 Å². The molecule has 0 aromatic rings. The lowest BCUT2D eigenvalue weighted by Gasteiger charge is -2.24. The summed E-state index contributed by atoms with van der Waals surface area (Å²) < 4.78 is 34.3.